The number of fused-ring (bicyclic) bond motifs is 6. The van der Waals surface area contributed by atoms with Crippen LogP contribution >= 0.6 is 68.0 Å². The van der Waals surface area contributed by atoms with Crippen molar-refractivity contribution in [3.63, 3.8) is 0 Å². The van der Waals surface area contributed by atoms with Crippen molar-refractivity contribution < 1.29 is 0 Å². The second kappa shape index (κ2) is 9.00. The molecule has 198 valence electrons. The number of aromatic nitrogens is 2. The van der Waals surface area contributed by atoms with Crippen molar-refractivity contribution in [2.24, 2.45) is 0 Å². The third-order valence-electron chi connectivity index (χ3n) is 7.77. The standard InChI is InChI=1S/C34H16N2S6/c1-3-37-25-9-21-7-23-13-29(39-27(23)11-19(21)5-17(1)25)31-15-35-33(41-31)34-36-16-32(42-34)30-14-24-8-22-10-26-18(2-4-38-26)6-20(22)12-28(24)40-30/h1-16H. The summed E-state index contributed by atoms with van der Waals surface area (Å²) in [5.74, 6) is 0. The topological polar surface area (TPSA) is 25.8 Å². The predicted molar refractivity (Wildman–Crippen MR) is 191 cm³/mol. The Hall–Kier alpha value is -3.50. The van der Waals surface area contributed by atoms with Crippen molar-refractivity contribution in [2.45, 2.75) is 0 Å². The molecule has 42 heavy (non-hydrogen) atoms. The Balaban J connectivity index is 0.985. The van der Waals surface area contributed by atoms with E-state index in [-0.39, 0.29) is 0 Å². The highest BCUT2D eigenvalue weighted by Gasteiger charge is 2.16. The molecule has 0 aliphatic carbocycles. The fraction of sp³-hybridized carbons (Fsp3) is 0. The molecule has 0 spiro atoms. The van der Waals surface area contributed by atoms with E-state index in [1.165, 1.54) is 81.4 Å². The van der Waals surface area contributed by atoms with Crippen LogP contribution in [0.1, 0.15) is 0 Å². The van der Waals surface area contributed by atoms with Crippen LogP contribution in [-0.4, -0.2) is 9.97 Å². The summed E-state index contributed by atoms with van der Waals surface area (Å²) in [6.07, 6.45) is 4.02. The van der Waals surface area contributed by atoms with E-state index < -0.39 is 0 Å². The lowest BCUT2D eigenvalue weighted by Crippen LogP contribution is -1.72. The van der Waals surface area contributed by atoms with Crippen molar-refractivity contribution in [2.75, 3.05) is 0 Å². The maximum atomic E-state index is 4.81. The van der Waals surface area contributed by atoms with Crippen LogP contribution in [0.5, 0.6) is 0 Å². The highest BCUT2D eigenvalue weighted by Crippen LogP contribution is 2.44. The maximum Gasteiger partial charge on any atom is 0.152 e. The van der Waals surface area contributed by atoms with Gasteiger partial charge in [-0.05, 0) is 127 Å². The van der Waals surface area contributed by atoms with E-state index >= 15 is 0 Å². The summed E-state index contributed by atoms with van der Waals surface area (Å²) in [4.78, 5) is 14.5. The van der Waals surface area contributed by atoms with Gasteiger partial charge in [0.1, 0.15) is 0 Å². The van der Waals surface area contributed by atoms with Gasteiger partial charge in [0.15, 0.2) is 10.0 Å². The molecule has 0 aliphatic heterocycles. The van der Waals surface area contributed by atoms with E-state index in [0.717, 1.165) is 10.0 Å². The minimum absolute atomic E-state index is 0.982. The minimum Gasteiger partial charge on any atom is -0.241 e. The van der Waals surface area contributed by atoms with Crippen molar-refractivity contribution >= 4 is 130 Å². The molecule has 0 amide bonds. The molecule has 0 bridgehead atoms. The van der Waals surface area contributed by atoms with Gasteiger partial charge in [0.25, 0.3) is 0 Å². The van der Waals surface area contributed by atoms with Gasteiger partial charge in [-0.15, -0.1) is 68.0 Å². The summed E-state index contributed by atoms with van der Waals surface area (Å²) in [6.45, 7) is 0. The Kier molecular flexibility index (Phi) is 5.14. The molecule has 0 atom stereocenters. The van der Waals surface area contributed by atoms with E-state index in [1.54, 1.807) is 45.3 Å². The Morgan fingerprint density at radius 2 is 0.786 bits per heavy atom. The zero-order valence-electron chi connectivity index (χ0n) is 21.6. The highest BCUT2D eigenvalue weighted by molar-refractivity contribution is 7.30. The molecule has 10 aromatic rings. The average Bonchev–Trinajstić information content (AvgIpc) is 3.83. The van der Waals surface area contributed by atoms with Crippen LogP contribution in [0.3, 0.4) is 0 Å². The van der Waals surface area contributed by atoms with Gasteiger partial charge in [0.05, 0.1) is 9.75 Å². The van der Waals surface area contributed by atoms with Crippen molar-refractivity contribution in [3.05, 3.63) is 96.0 Å². The Labute approximate surface area is 263 Å². The highest BCUT2D eigenvalue weighted by atomic mass is 32.1. The summed E-state index contributed by atoms with van der Waals surface area (Å²) in [6, 6.07) is 27.6. The molecule has 0 N–H and O–H groups in total. The largest absolute Gasteiger partial charge is 0.241 e. The summed E-state index contributed by atoms with van der Waals surface area (Å²) in [5.41, 5.74) is 0. The van der Waals surface area contributed by atoms with Crippen LogP contribution < -0.4 is 0 Å². The Bertz CT molecular complexity index is 2340. The molecule has 0 radical (unpaired) electrons. The van der Waals surface area contributed by atoms with Gasteiger partial charge in [-0.1, -0.05) is 0 Å². The molecule has 10 rings (SSSR count). The van der Waals surface area contributed by atoms with Crippen LogP contribution in [-0.2, 0) is 0 Å². The lowest BCUT2D eigenvalue weighted by Gasteiger charge is -1.99. The summed E-state index contributed by atoms with van der Waals surface area (Å²) in [7, 11) is 0. The molecule has 0 fully saturated rings. The molecule has 0 unspecified atom stereocenters. The molecule has 8 heteroatoms. The first-order valence-corrected chi connectivity index (χ1v) is 18.3. The monoisotopic (exact) mass is 644 g/mol. The SMILES string of the molecule is c1cc2cc3cc4sc(-c5cnc(-c6ncc(-c7cc8cc9cc%10sccc%10cc9cc8s7)s6)s5)cc4cc3cc2s1. The first-order valence-electron chi connectivity index (χ1n) is 13.3. The molecular weight excluding hydrogens is 629 g/mol. The minimum atomic E-state index is 0.982. The lowest BCUT2D eigenvalue weighted by molar-refractivity contribution is 1.36. The number of hydrogen-bond donors (Lipinski definition) is 0. The number of hydrogen-bond acceptors (Lipinski definition) is 8. The van der Waals surface area contributed by atoms with Gasteiger partial charge < -0.3 is 0 Å². The quantitative estimate of drug-likeness (QED) is 0.191. The lowest BCUT2D eigenvalue weighted by atomic mass is 10.1. The zero-order chi connectivity index (χ0) is 27.4. The normalized spacial score (nSPS) is 12.3. The first-order chi connectivity index (χ1) is 20.7. The van der Waals surface area contributed by atoms with Gasteiger partial charge in [-0.2, -0.15) is 0 Å². The molecule has 0 saturated heterocycles. The van der Waals surface area contributed by atoms with E-state index in [1.807, 2.05) is 35.1 Å². The molecule has 0 aliphatic rings. The first kappa shape index (κ1) is 24.0. The van der Waals surface area contributed by atoms with Gasteiger partial charge in [-0.3, -0.25) is 0 Å². The summed E-state index contributed by atoms with van der Waals surface area (Å²) in [5, 5.41) is 16.7. The third kappa shape index (κ3) is 3.77. The van der Waals surface area contributed by atoms with Gasteiger partial charge >= 0.3 is 0 Å². The van der Waals surface area contributed by atoms with E-state index in [4.69, 9.17) is 9.97 Å². The van der Waals surface area contributed by atoms with E-state index in [2.05, 4.69) is 83.6 Å². The molecule has 0 saturated carbocycles. The van der Waals surface area contributed by atoms with Crippen LogP contribution in [0.25, 0.3) is 91.4 Å². The van der Waals surface area contributed by atoms with Crippen LogP contribution in [0.2, 0.25) is 0 Å². The maximum absolute atomic E-state index is 4.81. The fourth-order valence-electron chi connectivity index (χ4n) is 5.71. The zero-order valence-corrected chi connectivity index (χ0v) is 26.5. The Morgan fingerprint density at radius 3 is 1.26 bits per heavy atom. The number of nitrogens with zero attached hydrogens (tertiary/aromatic N) is 2. The molecule has 2 nitrogen and oxygen atoms in total. The number of thiazole rings is 2. The molecular formula is C34H16N2S6. The molecule has 6 heterocycles. The van der Waals surface area contributed by atoms with E-state index in [0.29, 0.717) is 0 Å². The van der Waals surface area contributed by atoms with Gasteiger partial charge in [0.2, 0.25) is 0 Å². The van der Waals surface area contributed by atoms with Crippen molar-refractivity contribution in [1.82, 2.24) is 9.97 Å². The van der Waals surface area contributed by atoms with Gasteiger partial charge in [0, 0.05) is 40.9 Å². The average molecular weight is 645 g/mol. The smallest absolute Gasteiger partial charge is 0.152 e. The third-order valence-corrected chi connectivity index (χ3v) is 14.3. The van der Waals surface area contributed by atoms with Crippen molar-refractivity contribution in [1.29, 1.82) is 0 Å². The second-order valence-electron chi connectivity index (χ2n) is 10.4. The molecule has 4 aromatic carbocycles. The molecule has 6 aromatic heterocycles. The Morgan fingerprint density at radius 1 is 0.357 bits per heavy atom. The van der Waals surface area contributed by atoms with Crippen LogP contribution in [0, 0.1) is 0 Å². The summed E-state index contributed by atoms with van der Waals surface area (Å²) >= 11 is 10.8. The van der Waals surface area contributed by atoms with E-state index in [9.17, 15) is 0 Å². The van der Waals surface area contributed by atoms with Crippen LogP contribution in [0.15, 0.2) is 96.0 Å². The number of rotatable bonds is 3. The van der Waals surface area contributed by atoms with Crippen LogP contribution in [0.4, 0.5) is 0 Å². The second-order valence-corrected chi connectivity index (χ2v) is 16.5. The van der Waals surface area contributed by atoms with Gasteiger partial charge in [-0.25, -0.2) is 9.97 Å². The fourth-order valence-corrected chi connectivity index (χ4v) is 11.5. The summed E-state index contributed by atoms with van der Waals surface area (Å²) < 4.78 is 5.32. The van der Waals surface area contributed by atoms with Crippen molar-refractivity contribution in [3.8, 4) is 29.5 Å². The number of benzene rings is 4. The predicted octanol–water partition coefficient (Wildman–Crippen LogP) is 12.8. The number of thiophene rings is 4.